The van der Waals surface area contributed by atoms with Crippen LogP contribution in [0.1, 0.15) is 5.56 Å². The molecule has 0 aromatic heterocycles. The van der Waals surface area contributed by atoms with Crippen molar-refractivity contribution < 1.29 is 4.39 Å². The van der Waals surface area contributed by atoms with E-state index in [9.17, 15) is 4.39 Å². The summed E-state index contributed by atoms with van der Waals surface area (Å²) in [5, 5.41) is -0.197. The van der Waals surface area contributed by atoms with E-state index < -0.39 is 0 Å². The van der Waals surface area contributed by atoms with Crippen molar-refractivity contribution in [1.82, 2.24) is 0 Å². The third kappa shape index (κ3) is 3.24. The minimum absolute atomic E-state index is 0.197. The van der Waals surface area contributed by atoms with Crippen LogP contribution < -0.4 is 0 Å². The van der Waals surface area contributed by atoms with E-state index >= 15 is 0 Å². The average Bonchev–Trinajstić information content (AvgIpc) is 2.31. The van der Waals surface area contributed by atoms with Crippen molar-refractivity contribution in [2.75, 3.05) is 0 Å². The summed E-state index contributed by atoms with van der Waals surface area (Å²) in [5.41, 5.74) is 0.878. The van der Waals surface area contributed by atoms with Crippen LogP contribution in [0.5, 0.6) is 0 Å². The molecule has 0 saturated carbocycles. The summed E-state index contributed by atoms with van der Waals surface area (Å²) in [6, 6.07) is 19.0. The van der Waals surface area contributed by atoms with Crippen LogP contribution >= 0.6 is 11.8 Å². The van der Waals surface area contributed by atoms with Gasteiger partial charge in [0.15, 0.2) is 5.16 Å². The fraction of sp³-hybridized carbons (Fsp3) is 0. The molecule has 0 aliphatic rings. The van der Waals surface area contributed by atoms with E-state index in [0.717, 1.165) is 22.2 Å². The van der Waals surface area contributed by atoms with Gasteiger partial charge in [0.25, 0.3) is 0 Å². The van der Waals surface area contributed by atoms with Gasteiger partial charge in [0.1, 0.15) is 0 Å². The van der Waals surface area contributed by atoms with Crippen LogP contribution in [-0.4, -0.2) is 0 Å². The molecule has 0 fully saturated rings. The standard InChI is InChI=1S/C14H11FS/c15-14(11-12-7-3-1-4-8-12)16-13-9-5-2-6-10-13/h1-11H. The third-order valence-corrected chi connectivity index (χ3v) is 2.86. The maximum atomic E-state index is 13.6. The van der Waals surface area contributed by atoms with E-state index in [1.807, 2.05) is 60.7 Å². The Morgan fingerprint density at radius 1 is 0.875 bits per heavy atom. The predicted molar refractivity (Wildman–Crippen MR) is 67.8 cm³/mol. The van der Waals surface area contributed by atoms with E-state index in [2.05, 4.69) is 0 Å². The second-order valence-electron chi connectivity index (χ2n) is 3.27. The molecule has 0 radical (unpaired) electrons. The monoisotopic (exact) mass is 230 g/mol. The van der Waals surface area contributed by atoms with E-state index in [-0.39, 0.29) is 5.16 Å². The summed E-state index contributed by atoms with van der Waals surface area (Å²) in [6.07, 6.45) is 1.54. The van der Waals surface area contributed by atoms with Crippen molar-refractivity contribution in [3.63, 3.8) is 0 Å². The molecule has 2 aromatic rings. The Balaban J connectivity index is 2.09. The topological polar surface area (TPSA) is 0 Å². The van der Waals surface area contributed by atoms with Crippen LogP contribution in [0.15, 0.2) is 70.7 Å². The molecule has 0 nitrogen and oxygen atoms in total. The molecule has 0 spiro atoms. The molecule has 0 heterocycles. The maximum Gasteiger partial charge on any atom is 0.161 e. The smallest absolute Gasteiger partial charge is 0.161 e. The van der Waals surface area contributed by atoms with Gasteiger partial charge in [-0.3, -0.25) is 0 Å². The number of rotatable bonds is 3. The molecule has 0 aliphatic heterocycles. The Morgan fingerprint density at radius 2 is 1.44 bits per heavy atom. The van der Waals surface area contributed by atoms with Gasteiger partial charge in [-0.1, -0.05) is 60.3 Å². The molecule has 0 unspecified atom stereocenters. The SMILES string of the molecule is FC(=Cc1ccccc1)Sc1ccccc1. The summed E-state index contributed by atoms with van der Waals surface area (Å²) in [5.74, 6) is 0. The highest BCUT2D eigenvalue weighted by Gasteiger charge is 1.98. The number of hydrogen-bond acceptors (Lipinski definition) is 1. The predicted octanol–water partition coefficient (Wildman–Crippen LogP) is 4.75. The van der Waals surface area contributed by atoms with Crippen molar-refractivity contribution in [1.29, 1.82) is 0 Å². The van der Waals surface area contributed by atoms with E-state index in [1.165, 1.54) is 6.08 Å². The minimum Gasteiger partial charge on any atom is -0.199 e. The van der Waals surface area contributed by atoms with Gasteiger partial charge in [-0.2, -0.15) is 4.39 Å². The first-order valence-corrected chi connectivity index (χ1v) is 5.81. The Bertz CT molecular complexity index is 463. The molecular formula is C14H11FS. The first-order valence-electron chi connectivity index (χ1n) is 5.00. The zero-order valence-electron chi connectivity index (χ0n) is 8.64. The zero-order chi connectivity index (χ0) is 11.2. The van der Waals surface area contributed by atoms with Gasteiger partial charge in [-0.25, -0.2) is 0 Å². The van der Waals surface area contributed by atoms with Crippen LogP contribution in [0, 0.1) is 0 Å². The lowest BCUT2D eigenvalue weighted by molar-refractivity contribution is 0.706. The molecule has 2 heteroatoms. The summed E-state index contributed by atoms with van der Waals surface area (Å²) >= 11 is 1.13. The van der Waals surface area contributed by atoms with Crippen LogP contribution in [0.2, 0.25) is 0 Å². The van der Waals surface area contributed by atoms with Crippen molar-refractivity contribution in [2.24, 2.45) is 0 Å². The van der Waals surface area contributed by atoms with Crippen molar-refractivity contribution in [2.45, 2.75) is 4.90 Å². The van der Waals surface area contributed by atoms with Gasteiger partial charge in [-0.15, -0.1) is 0 Å². The van der Waals surface area contributed by atoms with Crippen molar-refractivity contribution >= 4 is 17.8 Å². The second-order valence-corrected chi connectivity index (χ2v) is 4.34. The fourth-order valence-electron chi connectivity index (χ4n) is 1.31. The molecule has 0 aliphatic carbocycles. The Kier molecular flexibility index (Phi) is 3.78. The van der Waals surface area contributed by atoms with Crippen molar-refractivity contribution in [3.05, 3.63) is 71.4 Å². The first kappa shape index (κ1) is 11.0. The zero-order valence-corrected chi connectivity index (χ0v) is 9.45. The second kappa shape index (κ2) is 5.52. The Labute approximate surface area is 98.8 Å². The molecule has 0 amide bonds. The highest BCUT2D eigenvalue weighted by atomic mass is 32.2. The van der Waals surface area contributed by atoms with Gasteiger partial charge in [0.2, 0.25) is 0 Å². The lowest BCUT2D eigenvalue weighted by Crippen LogP contribution is -1.72. The molecule has 0 N–H and O–H groups in total. The summed E-state index contributed by atoms with van der Waals surface area (Å²) in [6.45, 7) is 0. The number of thioether (sulfide) groups is 1. The quantitative estimate of drug-likeness (QED) is 0.686. The number of halogens is 1. The van der Waals surface area contributed by atoms with Gasteiger partial charge < -0.3 is 0 Å². The summed E-state index contributed by atoms with van der Waals surface area (Å²) < 4.78 is 13.6. The first-order chi connectivity index (χ1) is 7.84. The van der Waals surface area contributed by atoms with E-state index in [1.54, 1.807) is 0 Å². The normalized spacial score (nSPS) is 11.4. The van der Waals surface area contributed by atoms with Crippen LogP contribution in [0.3, 0.4) is 0 Å². The summed E-state index contributed by atoms with van der Waals surface area (Å²) in [7, 11) is 0. The van der Waals surface area contributed by atoms with Gasteiger partial charge in [-0.05, 0) is 23.8 Å². The third-order valence-electron chi connectivity index (χ3n) is 2.04. The minimum atomic E-state index is -0.197. The average molecular weight is 230 g/mol. The van der Waals surface area contributed by atoms with Gasteiger partial charge in [0.05, 0.1) is 0 Å². The molecule has 2 rings (SSSR count). The van der Waals surface area contributed by atoms with Gasteiger partial charge >= 0.3 is 0 Å². The van der Waals surface area contributed by atoms with Crippen molar-refractivity contribution in [3.8, 4) is 0 Å². The molecule has 16 heavy (non-hydrogen) atoms. The highest BCUT2D eigenvalue weighted by Crippen LogP contribution is 2.28. The van der Waals surface area contributed by atoms with E-state index in [0.29, 0.717) is 0 Å². The Morgan fingerprint density at radius 3 is 2.06 bits per heavy atom. The van der Waals surface area contributed by atoms with Crippen LogP contribution in [0.4, 0.5) is 4.39 Å². The van der Waals surface area contributed by atoms with Gasteiger partial charge in [0, 0.05) is 4.90 Å². The molecular weight excluding hydrogens is 219 g/mol. The molecule has 0 atom stereocenters. The Hall–Kier alpha value is -1.54. The molecule has 80 valence electrons. The number of benzene rings is 2. The molecule has 2 aromatic carbocycles. The van der Waals surface area contributed by atoms with E-state index in [4.69, 9.17) is 0 Å². The lowest BCUT2D eigenvalue weighted by Gasteiger charge is -1.98. The summed E-state index contributed by atoms with van der Waals surface area (Å²) in [4.78, 5) is 0.909. The highest BCUT2D eigenvalue weighted by molar-refractivity contribution is 8.03. The largest absolute Gasteiger partial charge is 0.199 e. The lowest BCUT2D eigenvalue weighted by atomic mass is 10.2. The van der Waals surface area contributed by atoms with Crippen LogP contribution in [-0.2, 0) is 0 Å². The molecule has 0 saturated heterocycles. The fourth-order valence-corrected chi connectivity index (χ4v) is 2.02. The maximum absolute atomic E-state index is 13.6. The number of hydrogen-bond donors (Lipinski definition) is 0. The molecule has 0 bridgehead atoms. The van der Waals surface area contributed by atoms with Crippen LogP contribution in [0.25, 0.3) is 6.08 Å².